The van der Waals surface area contributed by atoms with E-state index in [9.17, 15) is 14.0 Å². The molecule has 0 saturated heterocycles. The fourth-order valence-electron chi connectivity index (χ4n) is 3.00. The smallest absolute Gasteiger partial charge is 0.331 e. The fraction of sp³-hybridized carbons (Fsp3) is 0.474. The van der Waals surface area contributed by atoms with Crippen LogP contribution in [0.15, 0.2) is 28.7 Å². The Balaban J connectivity index is 1.91. The normalized spacial score (nSPS) is 16.6. The van der Waals surface area contributed by atoms with Crippen LogP contribution in [0, 0.1) is 5.82 Å². The van der Waals surface area contributed by atoms with Gasteiger partial charge in [-0.1, -0.05) is 35.2 Å². The molecule has 2 rings (SSSR count). The molecule has 25 heavy (non-hydrogen) atoms. The molecule has 1 aliphatic rings. The number of halogens is 2. The highest BCUT2D eigenvalue weighted by molar-refractivity contribution is 9.10. The van der Waals surface area contributed by atoms with Crippen molar-refractivity contribution < 1.29 is 18.7 Å². The lowest BCUT2D eigenvalue weighted by atomic mass is 9.94. The summed E-state index contributed by atoms with van der Waals surface area (Å²) in [5, 5.41) is 0. The monoisotopic (exact) mass is 411 g/mol. The summed E-state index contributed by atoms with van der Waals surface area (Å²) in [6.07, 6.45) is 7.04. The minimum absolute atomic E-state index is 0.206. The quantitative estimate of drug-likeness (QED) is 0.535. The van der Waals surface area contributed by atoms with Gasteiger partial charge in [0.2, 0.25) is 0 Å². The first kappa shape index (κ1) is 19.6. The van der Waals surface area contributed by atoms with E-state index in [0.717, 1.165) is 31.8 Å². The fourth-order valence-corrected chi connectivity index (χ4v) is 3.38. The van der Waals surface area contributed by atoms with E-state index in [4.69, 9.17) is 4.74 Å². The first-order chi connectivity index (χ1) is 11.9. The van der Waals surface area contributed by atoms with Crippen LogP contribution in [0.5, 0.6) is 0 Å². The van der Waals surface area contributed by atoms with Crippen LogP contribution < -0.4 is 0 Å². The third kappa shape index (κ3) is 5.66. The molecule has 1 atom stereocenters. The molecule has 0 N–H and O–H groups in total. The van der Waals surface area contributed by atoms with Gasteiger partial charge in [-0.2, -0.15) is 0 Å². The van der Waals surface area contributed by atoms with Crippen molar-refractivity contribution in [3.8, 4) is 0 Å². The van der Waals surface area contributed by atoms with Gasteiger partial charge < -0.3 is 9.64 Å². The van der Waals surface area contributed by atoms with Crippen LogP contribution in [-0.4, -0.2) is 36.0 Å². The molecule has 0 radical (unpaired) electrons. The van der Waals surface area contributed by atoms with Gasteiger partial charge >= 0.3 is 5.97 Å². The molecule has 1 amide bonds. The third-order valence-electron chi connectivity index (χ3n) is 4.47. The maximum absolute atomic E-state index is 13.6. The van der Waals surface area contributed by atoms with E-state index in [-0.39, 0.29) is 17.5 Å². The van der Waals surface area contributed by atoms with Crippen LogP contribution in [0.3, 0.4) is 0 Å². The number of esters is 1. The number of carbonyl (C=O) groups excluding carboxylic acids is 2. The van der Waals surface area contributed by atoms with Crippen molar-refractivity contribution in [3.05, 3.63) is 40.1 Å². The second-order valence-corrected chi connectivity index (χ2v) is 7.23. The average Bonchev–Trinajstić information content (AvgIpc) is 2.61. The van der Waals surface area contributed by atoms with Gasteiger partial charge in [0.25, 0.3) is 5.91 Å². The van der Waals surface area contributed by atoms with Crippen LogP contribution in [0.1, 0.15) is 44.6 Å². The zero-order valence-electron chi connectivity index (χ0n) is 14.5. The summed E-state index contributed by atoms with van der Waals surface area (Å²) < 4.78 is 19.5. The molecule has 0 spiro atoms. The van der Waals surface area contributed by atoms with E-state index in [1.54, 1.807) is 31.0 Å². The molecule has 4 nitrogen and oxygen atoms in total. The number of rotatable bonds is 5. The first-order valence-corrected chi connectivity index (χ1v) is 9.28. The molecular weight excluding hydrogens is 389 g/mol. The molecule has 0 bridgehead atoms. The van der Waals surface area contributed by atoms with Gasteiger partial charge in [0.05, 0.1) is 0 Å². The highest BCUT2D eigenvalue weighted by atomic mass is 79.9. The molecule has 0 aliphatic heterocycles. The molecule has 1 aromatic carbocycles. The van der Waals surface area contributed by atoms with Crippen molar-refractivity contribution in [1.82, 2.24) is 4.90 Å². The van der Waals surface area contributed by atoms with Crippen molar-refractivity contribution in [2.45, 2.75) is 51.2 Å². The number of likely N-dealkylation sites (N-methyl/N-ethyl adjacent to an activating group) is 1. The Kier molecular flexibility index (Phi) is 7.17. The lowest BCUT2D eigenvalue weighted by Crippen LogP contribution is -2.44. The summed E-state index contributed by atoms with van der Waals surface area (Å²) in [7, 11) is 1.76. The molecule has 1 aliphatic carbocycles. The van der Waals surface area contributed by atoms with Crippen molar-refractivity contribution in [3.63, 3.8) is 0 Å². The maximum Gasteiger partial charge on any atom is 0.331 e. The molecule has 1 fully saturated rings. The van der Waals surface area contributed by atoms with Crippen molar-refractivity contribution in [1.29, 1.82) is 0 Å². The number of hydrogen-bond donors (Lipinski definition) is 0. The van der Waals surface area contributed by atoms with Crippen LogP contribution in [0.2, 0.25) is 0 Å². The lowest BCUT2D eigenvalue weighted by Gasteiger charge is -2.32. The molecule has 0 aromatic heterocycles. The Labute approximate surface area is 156 Å². The Morgan fingerprint density at radius 1 is 1.32 bits per heavy atom. The SMILES string of the molecule is C[C@H](OC(=O)/C=C/c1cc(Br)ccc1F)C(=O)N(C)C1CCCCC1. The molecule has 0 heterocycles. The van der Waals surface area contributed by atoms with Gasteiger partial charge in [-0.15, -0.1) is 0 Å². The maximum atomic E-state index is 13.6. The van der Waals surface area contributed by atoms with Gasteiger partial charge in [0.1, 0.15) is 5.82 Å². The minimum atomic E-state index is -0.864. The summed E-state index contributed by atoms with van der Waals surface area (Å²) in [5.41, 5.74) is 0.268. The number of carbonyl (C=O) groups is 2. The summed E-state index contributed by atoms with van der Waals surface area (Å²) in [6.45, 7) is 1.56. The van der Waals surface area contributed by atoms with Crippen molar-refractivity contribution >= 4 is 33.9 Å². The van der Waals surface area contributed by atoms with Crippen LogP contribution in [0.25, 0.3) is 6.08 Å². The molecule has 1 saturated carbocycles. The molecular formula is C19H23BrFNO3. The molecule has 6 heteroatoms. The zero-order chi connectivity index (χ0) is 18.4. The summed E-state index contributed by atoms with van der Waals surface area (Å²) in [6, 6.07) is 4.66. The Morgan fingerprint density at radius 2 is 2.00 bits per heavy atom. The summed E-state index contributed by atoms with van der Waals surface area (Å²) >= 11 is 3.25. The number of ether oxygens (including phenoxy) is 1. The largest absolute Gasteiger partial charge is 0.449 e. The molecule has 1 aromatic rings. The third-order valence-corrected chi connectivity index (χ3v) is 4.96. The van der Waals surface area contributed by atoms with E-state index in [1.807, 2.05) is 0 Å². The number of nitrogens with zero attached hydrogens (tertiary/aromatic N) is 1. The average molecular weight is 412 g/mol. The van der Waals surface area contributed by atoms with E-state index in [0.29, 0.717) is 4.47 Å². The number of benzene rings is 1. The number of amides is 1. The van der Waals surface area contributed by atoms with Crippen LogP contribution >= 0.6 is 15.9 Å². The van der Waals surface area contributed by atoms with E-state index in [1.165, 1.54) is 18.6 Å². The van der Waals surface area contributed by atoms with Crippen molar-refractivity contribution in [2.75, 3.05) is 7.05 Å². The van der Waals surface area contributed by atoms with Gasteiger partial charge in [-0.25, -0.2) is 9.18 Å². The zero-order valence-corrected chi connectivity index (χ0v) is 16.1. The highest BCUT2D eigenvalue weighted by Crippen LogP contribution is 2.22. The Hall–Kier alpha value is -1.69. The van der Waals surface area contributed by atoms with Gasteiger partial charge in [0, 0.05) is 29.2 Å². The second kappa shape index (κ2) is 9.13. The predicted molar refractivity (Wildman–Crippen MR) is 98.3 cm³/mol. The van der Waals surface area contributed by atoms with E-state index >= 15 is 0 Å². The first-order valence-electron chi connectivity index (χ1n) is 8.49. The Morgan fingerprint density at radius 3 is 2.68 bits per heavy atom. The second-order valence-electron chi connectivity index (χ2n) is 6.32. The Bertz CT molecular complexity index is 656. The highest BCUT2D eigenvalue weighted by Gasteiger charge is 2.27. The van der Waals surface area contributed by atoms with Crippen molar-refractivity contribution in [2.24, 2.45) is 0 Å². The van der Waals surface area contributed by atoms with Gasteiger partial charge in [-0.3, -0.25) is 4.79 Å². The molecule has 136 valence electrons. The standard InChI is InChI=1S/C19H23BrFNO3/c1-13(19(24)22(2)16-6-4-3-5-7-16)25-18(23)11-8-14-12-15(20)9-10-17(14)21/h8-13,16H,3-7H2,1-2H3/b11-8+/t13-/m0/s1. The van der Waals surface area contributed by atoms with Crippen LogP contribution in [0.4, 0.5) is 4.39 Å². The topological polar surface area (TPSA) is 46.6 Å². The van der Waals surface area contributed by atoms with Crippen LogP contribution in [-0.2, 0) is 14.3 Å². The predicted octanol–water partition coefficient (Wildman–Crippen LogP) is 4.32. The minimum Gasteiger partial charge on any atom is -0.449 e. The molecule has 0 unspecified atom stereocenters. The van der Waals surface area contributed by atoms with Gasteiger partial charge in [-0.05, 0) is 44.0 Å². The van der Waals surface area contributed by atoms with E-state index in [2.05, 4.69) is 15.9 Å². The number of hydrogen-bond acceptors (Lipinski definition) is 3. The summed E-state index contributed by atoms with van der Waals surface area (Å²) in [4.78, 5) is 26.0. The van der Waals surface area contributed by atoms with E-state index < -0.39 is 17.9 Å². The lowest BCUT2D eigenvalue weighted by molar-refractivity contribution is -0.156. The summed E-state index contributed by atoms with van der Waals surface area (Å²) in [5.74, 6) is -1.31. The van der Waals surface area contributed by atoms with Gasteiger partial charge in [0.15, 0.2) is 6.10 Å².